The van der Waals surface area contributed by atoms with Gasteiger partial charge in [0.2, 0.25) is 0 Å². The van der Waals surface area contributed by atoms with Gasteiger partial charge in [0, 0.05) is 12.1 Å². The molecule has 5 heteroatoms. The smallest absolute Gasteiger partial charge is 0.291 e. The number of amidine groups is 1. The number of nitrogens with one attached hydrogen (secondary N) is 1. The van der Waals surface area contributed by atoms with Crippen molar-refractivity contribution in [3.63, 3.8) is 0 Å². The molecule has 2 rings (SSSR count). The van der Waals surface area contributed by atoms with Gasteiger partial charge in [-0.1, -0.05) is 13.0 Å². The first-order valence-electron chi connectivity index (χ1n) is 7.35. The van der Waals surface area contributed by atoms with Gasteiger partial charge in [0.15, 0.2) is 0 Å². The molecule has 0 radical (unpaired) electrons. The summed E-state index contributed by atoms with van der Waals surface area (Å²) in [6.45, 7) is 3.28. The monoisotopic (exact) mass is 290 g/mol. The van der Waals surface area contributed by atoms with Crippen LogP contribution in [0.4, 0.5) is 0 Å². The summed E-state index contributed by atoms with van der Waals surface area (Å²) in [6.07, 6.45) is 3.31. The standard InChI is InChI=1S/C16H22N2O3/c1-3-9-21-16(17-11-12-7-8-12)18-15(19)13-5-4-6-14(10-13)20-2/h4-6,10,12H,3,7-9,11H2,1-2H3,(H,17,18,19). The van der Waals surface area contributed by atoms with Crippen molar-refractivity contribution in [1.82, 2.24) is 5.32 Å². The molecule has 0 heterocycles. The first-order chi connectivity index (χ1) is 10.2. The molecule has 0 unspecified atom stereocenters. The van der Waals surface area contributed by atoms with Gasteiger partial charge in [0.25, 0.3) is 11.9 Å². The summed E-state index contributed by atoms with van der Waals surface area (Å²) in [5.41, 5.74) is 0.522. The molecule has 1 amide bonds. The molecule has 0 saturated heterocycles. The minimum absolute atomic E-state index is 0.237. The lowest BCUT2D eigenvalue weighted by Crippen LogP contribution is -2.33. The van der Waals surface area contributed by atoms with Crippen LogP contribution in [0.1, 0.15) is 36.5 Å². The number of carbonyl (C=O) groups is 1. The highest BCUT2D eigenvalue weighted by atomic mass is 16.5. The van der Waals surface area contributed by atoms with Crippen LogP contribution in [0.15, 0.2) is 29.3 Å². The Morgan fingerprint density at radius 1 is 1.43 bits per heavy atom. The van der Waals surface area contributed by atoms with Crippen LogP contribution in [-0.2, 0) is 4.74 Å². The Hall–Kier alpha value is -2.04. The zero-order valence-corrected chi connectivity index (χ0v) is 12.6. The molecular weight excluding hydrogens is 268 g/mol. The Morgan fingerprint density at radius 2 is 2.24 bits per heavy atom. The van der Waals surface area contributed by atoms with Crippen molar-refractivity contribution in [1.29, 1.82) is 0 Å². The summed E-state index contributed by atoms with van der Waals surface area (Å²) in [7, 11) is 1.57. The number of amides is 1. The average Bonchev–Trinajstić information content (AvgIpc) is 3.34. The molecule has 5 nitrogen and oxygen atoms in total. The quantitative estimate of drug-likeness (QED) is 0.647. The van der Waals surface area contributed by atoms with E-state index in [9.17, 15) is 4.79 Å². The normalized spacial score (nSPS) is 14.7. The van der Waals surface area contributed by atoms with Crippen LogP contribution >= 0.6 is 0 Å². The van der Waals surface area contributed by atoms with E-state index in [1.807, 2.05) is 6.92 Å². The number of hydrogen-bond acceptors (Lipinski definition) is 4. The predicted octanol–water partition coefficient (Wildman–Crippen LogP) is 2.62. The third-order valence-corrected chi connectivity index (χ3v) is 3.19. The Kier molecular flexibility index (Phi) is 5.60. The lowest BCUT2D eigenvalue weighted by Gasteiger charge is -2.10. The molecule has 0 aliphatic heterocycles. The average molecular weight is 290 g/mol. The Balaban J connectivity index is 1.99. The van der Waals surface area contributed by atoms with Crippen molar-refractivity contribution >= 4 is 11.9 Å². The summed E-state index contributed by atoms with van der Waals surface area (Å²) in [4.78, 5) is 16.6. The predicted molar refractivity (Wildman–Crippen MR) is 81.7 cm³/mol. The topological polar surface area (TPSA) is 59.9 Å². The van der Waals surface area contributed by atoms with Crippen molar-refractivity contribution in [2.75, 3.05) is 20.3 Å². The maximum atomic E-state index is 12.2. The molecule has 1 aliphatic carbocycles. The van der Waals surface area contributed by atoms with Crippen LogP contribution in [0, 0.1) is 5.92 Å². The van der Waals surface area contributed by atoms with Gasteiger partial charge >= 0.3 is 0 Å². The van der Waals surface area contributed by atoms with Crippen LogP contribution in [0.3, 0.4) is 0 Å². The van der Waals surface area contributed by atoms with E-state index in [4.69, 9.17) is 9.47 Å². The molecule has 1 aromatic rings. The van der Waals surface area contributed by atoms with E-state index in [0.29, 0.717) is 29.9 Å². The fraction of sp³-hybridized carbons (Fsp3) is 0.500. The lowest BCUT2D eigenvalue weighted by atomic mass is 10.2. The second kappa shape index (κ2) is 7.67. The zero-order chi connectivity index (χ0) is 15.1. The van der Waals surface area contributed by atoms with Gasteiger partial charge in [0.1, 0.15) is 5.75 Å². The summed E-state index contributed by atoms with van der Waals surface area (Å²) in [5, 5.41) is 2.74. The number of nitrogens with zero attached hydrogens (tertiary/aromatic N) is 1. The fourth-order valence-corrected chi connectivity index (χ4v) is 1.77. The van der Waals surface area contributed by atoms with Crippen LogP contribution in [0.5, 0.6) is 5.75 Å². The van der Waals surface area contributed by atoms with Crippen molar-refractivity contribution < 1.29 is 14.3 Å². The molecule has 1 fully saturated rings. The lowest BCUT2D eigenvalue weighted by molar-refractivity contribution is 0.0965. The van der Waals surface area contributed by atoms with Gasteiger partial charge < -0.3 is 9.47 Å². The molecule has 1 aromatic carbocycles. The van der Waals surface area contributed by atoms with Gasteiger partial charge in [-0.3, -0.25) is 10.1 Å². The molecule has 21 heavy (non-hydrogen) atoms. The number of methoxy groups -OCH3 is 1. The van der Waals surface area contributed by atoms with E-state index < -0.39 is 0 Å². The SMILES string of the molecule is CCCOC(=NCC1CC1)NC(=O)c1cccc(OC)c1. The molecule has 0 atom stereocenters. The Bertz CT molecular complexity index is 510. The zero-order valence-electron chi connectivity index (χ0n) is 12.6. The number of aliphatic imine (C=N–C) groups is 1. The van der Waals surface area contributed by atoms with Crippen molar-refractivity contribution in [3.8, 4) is 5.75 Å². The molecule has 1 saturated carbocycles. The van der Waals surface area contributed by atoms with Gasteiger partial charge in [-0.2, -0.15) is 0 Å². The maximum absolute atomic E-state index is 12.2. The number of benzene rings is 1. The number of rotatable bonds is 6. The molecule has 0 bridgehead atoms. The second-order valence-corrected chi connectivity index (χ2v) is 5.12. The van der Waals surface area contributed by atoms with Gasteiger partial charge in [-0.25, -0.2) is 4.99 Å². The number of ether oxygens (including phenoxy) is 2. The highest BCUT2D eigenvalue weighted by Crippen LogP contribution is 2.28. The third kappa shape index (κ3) is 5.10. The fourth-order valence-electron chi connectivity index (χ4n) is 1.77. The third-order valence-electron chi connectivity index (χ3n) is 3.19. The maximum Gasteiger partial charge on any atom is 0.291 e. The highest BCUT2D eigenvalue weighted by Gasteiger charge is 2.21. The first kappa shape index (κ1) is 15.4. The van der Waals surface area contributed by atoms with Crippen molar-refractivity contribution in [3.05, 3.63) is 29.8 Å². The molecule has 1 N–H and O–H groups in total. The Morgan fingerprint density at radius 3 is 2.90 bits per heavy atom. The van der Waals surface area contributed by atoms with E-state index in [1.54, 1.807) is 31.4 Å². The highest BCUT2D eigenvalue weighted by molar-refractivity contribution is 6.04. The van der Waals surface area contributed by atoms with Crippen molar-refractivity contribution in [2.45, 2.75) is 26.2 Å². The number of carbonyl (C=O) groups excluding carboxylic acids is 1. The summed E-state index contributed by atoms with van der Waals surface area (Å²) < 4.78 is 10.6. The van der Waals surface area contributed by atoms with Crippen LogP contribution in [0.25, 0.3) is 0 Å². The van der Waals surface area contributed by atoms with E-state index in [-0.39, 0.29) is 5.91 Å². The Labute approximate surface area is 125 Å². The minimum Gasteiger partial charge on any atom is -0.497 e. The van der Waals surface area contributed by atoms with E-state index in [2.05, 4.69) is 10.3 Å². The largest absolute Gasteiger partial charge is 0.497 e. The van der Waals surface area contributed by atoms with Crippen LogP contribution in [-0.4, -0.2) is 32.2 Å². The summed E-state index contributed by atoms with van der Waals surface area (Å²) in [6, 6.07) is 7.31. The molecule has 1 aliphatic rings. The number of hydrogen-bond donors (Lipinski definition) is 1. The van der Waals surface area contributed by atoms with Gasteiger partial charge in [-0.15, -0.1) is 0 Å². The molecule has 0 aromatic heterocycles. The summed E-state index contributed by atoms with van der Waals surface area (Å²) in [5.74, 6) is 1.06. The first-order valence-corrected chi connectivity index (χ1v) is 7.35. The second-order valence-electron chi connectivity index (χ2n) is 5.12. The van der Waals surface area contributed by atoms with Crippen molar-refractivity contribution in [2.24, 2.45) is 10.9 Å². The van der Waals surface area contributed by atoms with Crippen LogP contribution < -0.4 is 10.1 Å². The van der Waals surface area contributed by atoms with Gasteiger partial charge in [-0.05, 0) is 43.4 Å². The van der Waals surface area contributed by atoms with E-state index in [0.717, 1.165) is 13.0 Å². The van der Waals surface area contributed by atoms with E-state index in [1.165, 1.54) is 12.8 Å². The minimum atomic E-state index is -0.237. The van der Waals surface area contributed by atoms with Crippen LogP contribution in [0.2, 0.25) is 0 Å². The molecular formula is C16H22N2O3. The van der Waals surface area contributed by atoms with Gasteiger partial charge in [0.05, 0.1) is 13.7 Å². The summed E-state index contributed by atoms with van der Waals surface area (Å²) >= 11 is 0. The van der Waals surface area contributed by atoms with E-state index >= 15 is 0 Å². The molecule has 0 spiro atoms. The molecule has 114 valence electrons.